The monoisotopic (exact) mass is 392 g/mol. The van der Waals surface area contributed by atoms with Crippen molar-refractivity contribution in [2.75, 3.05) is 6.61 Å². The molecule has 6 heteroatoms. The van der Waals surface area contributed by atoms with Gasteiger partial charge < -0.3 is 15.0 Å². The molecule has 0 saturated heterocycles. The van der Waals surface area contributed by atoms with Crippen molar-refractivity contribution in [2.24, 2.45) is 0 Å². The topological polar surface area (TPSA) is 75.7 Å². The molecule has 0 atom stereocenters. The van der Waals surface area contributed by atoms with Crippen LogP contribution >= 0.6 is 0 Å². The summed E-state index contributed by atoms with van der Waals surface area (Å²) < 4.78 is 5.60. The highest BCUT2D eigenvalue weighted by Crippen LogP contribution is 2.29. The SMILES string of the molecule is O=Cc1ccccc1OCC(=O)N(Cc1ccc(C(=O)NC2CC2)cc1)C1CC1. The predicted molar refractivity (Wildman–Crippen MR) is 108 cm³/mol. The first kappa shape index (κ1) is 19.2. The zero-order valence-corrected chi connectivity index (χ0v) is 16.2. The standard InChI is InChI=1S/C23H24N2O4/c26-14-18-3-1-2-4-21(18)29-15-22(27)25(20-11-12-20)13-16-5-7-17(8-6-16)23(28)24-19-9-10-19/h1-8,14,19-20H,9-13,15H2,(H,24,28). The number of hydrogen-bond donors (Lipinski definition) is 1. The third kappa shape index (κ3) is 5.02. The summed E-state index contributed by atoms with van der Waals surface area (Å²) in [6.45, 7) is 0.371. The van der Waals surface area contributed by atoms with Crippen LogP contribution in [0, 0.1) is 0 Å². The molecular formula is C23H24N2O4. The van der Waals surface area contributed by atoms with Gasteiger partial charge in [0.15, 0.2) is 12.9 Å². The van der Waals surface area contributed by atoms with Crippen molar-refractivity contribution < 1.29 is 19.1 Å². The van der Waals surface area contributed by atoms with Gasteiger partial charge in [-0.05, 0) is 55.5 Å². The zero-order chi connectivity index (χ0) is 20.2. The van der Waals surface area contributed by atoms with E-state index in [0.717, 1.165) is 37.5 Å². The van der Waals surface area contributed by atoms with E-state index in [-0.39, 0.29) is 24.5 Å². The van der Waals surface area contributed by atoms with Gasteiger partial charge in [-0.25, -0.2) is 0 Å². The lowest BCUT2D eigenvalue weighted by atomic mass is 10.1. The van der Waals surface area contributed by atoms with Crippen molar-refractivity contribution in [2.45, 2.75) is 44.3 Å². The Labute approximate surface area is 169 Å². The zero-order valence-electron chi connectivity index (χ0n) is 16.2. The Bertz CT molecular complexity index is 901. The fourth-order valence-corrected chi connectivity index (χ4v) is 3.19. The average molecular weight is 392 g/mol. The maximum atomic E-state index is 12.8. The molecule has 0 spiro atoms. The van der Waals surface area contributed by atoms with E-state index < -0.39 is 0 Å². The van der Waals surface area contributed by atoms with Gasteiger partial charge >= 0.3 is 0 Å². The Hall–Kier alpha value is -3.15. The Morgan fingerprint density at radius 2 is 1.76 bits per heavy atom. The molecule has 2 amide bonds. The Kier molecular flexibility index (Phi) is 5.60. The van der Waals surface area contributed by atoms with Crippen LogP contribution in [0.15, 0.2) is 48.5 Å². The Morgan fingerprint density at radius 3 is 2.41 bits per heavy atom. The summed E-state index contributed by atoms with van der Waals surface area (Å²) in [6.07, 6.45) is 4.81. The Morgan fingerprint density at radius 1 is 1.03 bits per heavy atom. The number of hydrogen-bond acceptors (Lipinski definition) is 4. The van der Waals surface area contributed by atoms with Gasteiger partial charge in [0.25, 0.3) is 11.8 Å². The highest BCUT2D eigenvalue weighted by atomic mass is 16.5. The van der Waals surface area contributed by atoms with Crippen molar-refractivity contribution in [3.05, 3.63) is 65.2 Å². The second-order valence-electron chi connectivity index (χ2n) is 7.64. The van der Waals surface area contributed by atoms with Gasteiger partial charge in [0, 0.05) is 24.2 Å². The molecule has 0 radical (unpaired) electrons. The number of amides is 2. The van der Waals surface area contributed by atoms with Gasteiger partial charge in [-0.1, -0.05) is 24.3 Å². The summed E-state index contributed by atoms with van der Waals surface area (Å²) in [5.41, 5.74) is 2.04. The fraction of sp³-hybridized carbons (Fsp3) is 0.348. The molecule has 150 valence electrons. The number of nitrogens with one attached hydrogen (secondary N) is 1. The van der Waals surface area contributed by atoms with Crippen LogP contribution in [0.3, 0.4) is 0 Å². The van der Waals surface area contributed by atoms with Crippen LogP contribution < -0.4 is 10.1 Å². The maximum absolute atomic E-state index is 12.8. The summed E-state index contributed by atoms with van der Waals surface area (Å²) in [6, 6.07) is 14.8. The number of ether oxygens (including phenoxy) is 1. The highest BCUT2D eigenvalue weighted by Gasteiger charge is 2.32. The molecule has 0 aliphatic heterocycles. The van der Waals surface area contributed by atoms with E-state index in [1.807, 2.05) is 17.0 Å². The predicted octanol–water partition coefficient (Wildman–Crippen LogP) is 2.96. The van der Waals surface area contributed by atoms with E-state index in [1.165, 1.54) is 0 Å². The number of carbonyl (C=O) groups is 3. The summed E-state index contributed by atoms with van der Waals surface area (Å²) in [4.78, 5) is 37.8. The smallest absolute Gasteiger partial charge is 0.261 e. The lowest BCUT2D eigenvalue weighted by Crippen LogP contribution is -2.36. The molecule has 2 aliphatic carbocycles. The van der Waals surface area contributed by atoms with Gasteiger partial charge in [0.2, 0.25) is 0 Å². The number of rotatable bonds is 9. The van der Waals surface area contributed by atoms with Crippen molar-refractivity contribution in [3.63, 3.8) is 0 Å². The van der Waals surface area contributed by atoms with Crippen molar-refractivity contribution >= 4 is 18.1 Å². The van der Waals surface area contributed by atoms with Crippen LogP contribution in [0.25, 0.3) is 0 Å². The molecule has 2 saturated carbocycles. The lowest BCUT2D eigenvalue weighted by molar-refractivity contribution is -0.134. The van der Waals surface area contributed by atoms with Gasteiger partial charge in [-0.2, -0.15) is 0 Å². The number of para-hydroxylation sites is 1. The summed E-state index contributed by atoms with van der Waals surface area (Å²) in [7, 11) is 0. The quantitative estimate of drug-likeness (QED) is 0.666. The number of benzene rings is 2. The third-order valence-electron chi connectivity index (χ3n) is 5.19. The first-order valence-electron chi connectivity index (χ1n) is 10.0. The number of nitrogens with zero attached hydrogens (tertiary/aromatic N) is 1. The van der Waals surface area contributed by atoms with Gasteiger partial charge in [0.1, 0.15) is 5.75 Å². The second-order valence-corrected chi connectivity index (χ2v) is 7.64. The van der Waals surface area contributed by atoms with Gasteiger partial charge in [-0.15, -0.1) is 0 Å². The van der Waals surface area contributed by atoms with E-state index in [1.54, 1.807) is 36.4 Å². The molecule has 29 heavy (non-hydrogen) atoms. The summed E-state index contributed by atoms with van der Waals surface area (Å²) >= 11 is 0. The van der Waals surface area contributed by atoms with Gasteiger partial charge in [-0.3, -0.25) is 14.4 Å². The van der Waals surface area contributed by atoms with Crippen LogP contribution in [0.5, 0.6) is 5.75 Å². The molecule has 2 fully saturated rings. The molecule has 2 aromatic carbocycles. The molecule has 1 N–H and O–H groups in total. The van der Waals surface area contributed by atoms with E-state index in [0.29, 0.717) is 29.5 Å². The van der Waals surface area contributed by atoms with Crippen molar-refractivity contribution in [3.8, 4) is 5.75 Å². The first-order chi connectivity index (χ1) is 14.1. The molecule has 6 nitrogen and oxygen atoms in total. The lowest BCUT2D eigenvalue weighted by Gasteiger charge is -2.23. The van der Waals surface area contributed by atoms with Crippen molar-refractivity contribution in [1.82, 2.24) is 10.2 Å². The van der Waals surface area contributed by atoms with Crippen LogP contribution in [0.2, 0.25) is 0 Å². The minimum Gasteiger partial charge on any atom is -0.483 e. The van der Waals surface area contributed by atoms with Crippen LogP contribution in [-0.2, 0) is 11.3 Å². The van der Waals surface area contributed by atoms with Gasteiger partial charge in [0.05, 0.1) is 5.56 Å². The molecule has 0 unspecified atom stereocenters. The molecule has 4 rings (SSSR count). The van der Waals surface area contributed by atoms with Crippen LogP contribution in [0.4, 0.5) is 0 Å². The van der Waals surface area contributed by atoms with E-state index in [2.05, 4.69) is 5.32 Å². The van der Waals surface area contributed by atoms with E-state index in [9.17, 15) is 14.4 Å². The molecule has 2 aliphatic rings. The molecule has 0 bridgehead atoms. The minimum atomic E-state index is -0.108. The average Bonchev–Trinajstić information content (AvgIpc) is 3.66. The maximum Gasteiger partial charge on any atom is 0.261 e. The molecular weight excluding hydrogens is 368 g/mol. The fourth-order valence-electron chi connectivity index (χ4n) is 3.19. The second kappa shape index (κ2) is 8.47. The van der Waals surface area contributed by atoms with E-state index >= 15 is 0 Å². The minimum absolute atomic E-state index is 0.0450. The highest BCUT2D eigenvalue weighted by molar-refractivity contribution is 5.94. The molecule has 0 heterocycles. The van der Waals surface area contributed by atoms with Crippen LogP contribution in [-0.4, -0.2) is 41.7 Å². The summed E-state index contributed by atoms with van der Waals surface area (Å²) in [5.74, 6) is 0.262. The van der Waals surface area contributed by atoms with Crippen LogP contribution in [0.1, 0.15) is 52.0 Å². The van der Waals surface area contributed by atoms with E-state index in [4.69, 9.17) is 4.74 Å². The molecule has 0 aromatic heterocycles. The number of aldehydes is 1. The molecule has 2 aromatic rings. The Balaban J connectivity index is 1.36. The third-order valence-corrected chi connectivity index (χ3v) is 5.19. The first-order valence-corrected chi connectivity index (χ1v) is 10.0. The number of carbonyl (C=O) groups excluding carboxylic acids is 3. The normalized spacial score (nSPS) is 15.4. The van der Waals surface area contributed by atoms with Crippen molar-refractivity contribution in [1.29, 1.82) is 0 Å². The summed E-state index contributed by atoms with van der Waals surface area (Å²) in [5, 5.41) is 2.97. The largest absolute Gasteiger partial charge is 0.483 e.